The zero-order valence-electron chi connectivity index (χ0n) is 22.7. The average Bonchev–Trinajstić information content (AvgIpc) is 3.40. The molecule has 2 aromatic heterocycles. The molecule has 2 aliphatic rings. The molecule has 0 bridgehead atoms. The van der Waals surface area contributed by atoms with Gasteiger partial charge in [0.25, 0.3) is 5.91 Å². The number of fused-ring (bicyclic) bond motifs is 1. The highest BCUT2D eigenvalue weighted by Crippen LogP contribution is 2.61. The molecule has 12 heteroatoms. The second-order valence-electron chi connectivity index (χ2n) is 10.7. The molecule has 1 aliphatic carbocycles. The van der Waals surface area contributed by atoms with Gasteiger partial charge in [-0.3, -0.25) is 14.7 Å². The predicted molar refractivity (Wildman–Crippen MR) is 143 cm³/mol. The van der Waals surface area contributed by atoms with Crippen molar-refractivity contribution in [3.8, 4) is 16.9 Å². The smallest absolute Gasteiger partial charge is 0.276 e. The number of amides is 2. The van der Waals surface area contributed by atoms with Gasteiger partial charge in [-0.05, 0) is 62.0 Å². The Labute approximate surface area is 233 Å². The highest BCUT2D eigenvalue weighted by atomic mass is 19.2. The number of halogens is 2. The Kier molecular flexibility index (Phi) is 6.55. The van der Waals surface area contributed by atoms with Crippen molar-refractivity contribution in [1.82, 2.24) is 25.8 Å². The largest absolute Gasteiger partial charge is 0.493 e. The maximum Gasteiger partial charge on any atom is 0.276 e. The van der Waals surface area contributed by atoms with E-state index >= 15 is 0 Å². The molecular weight excluding hydrogens is 534 g/mol. The summed E-state index contributed by atoms with van der Waals surface area (Å²) in [6.07, 6.45) is 1.78. The average molecular weight is 563 g/mol. The van der Waals surface area contributed by atoms with Crippen LogP contribution in [0.1, 0.15) is 58.8 Å². The molecule has 0 saturated heterocycles. The minimum Gasteiger partial charge on any atom is -0.493 e. The van der Waals surface area contributed by atoms with E-state index in [1.165, 1.54) is 0 Å². The van der Waals surface area contributed by atoms with Crippen molar-refractivity contribution in [3.63, 3.8) is 0 Å². The molecule has 3 heterocycles. The second kappa shape index (κ2) is 10.1. The van der Waals surface area contributed by atoms with Crippen LogP contribution in [-0.4, -0.2) is 45.0 Å². The van der Waals surface area contributed by atoms with Crippen LogP contribution in [0.15, 0.2) is 41.0 Å². The van der Waals surface area contributed by atoms with Crippen LogP contribution < -0.4 is 15.4 Å². The van der Waals surface area contributed by atoms with Crippen molar-refractivity contribution in [1.29, 1.82) is 0 Å². The monoisotopic (exact) mass is 562 g/mol. The maximum atomic E-state index is 14.5. The van der Waals surface area contributed by atoms with E-state index in [-0.39, 0.29) is 18.1 Å². The molecule has 1 aliphatic heterocycles. The van der Waals surface area contributed by atoms with Crippen molar-refractivity contribution in [3.05, 3.63) is 76.4 Å². The van der Waals surface area contributed by atoms with E-state index < -0.39 is 40.8 Å². The molecule has 1 spiro atoms. The quantitative estimate of drug-likeness (QED) is 0.299. The molecule has 1 unspecified atom stereocenters. The Balaban J connectivity index is 1.35. The molecule has 10 nitrogen and oxygen atoms in total. The van der Waals surface area contributed by atoms with E-state index in [0.29, 0.717) is 36.2 Å². The number of carbonyl (C=O) groups is 2. The van der Waals surface area contributed by atoms with Gasteiger partial charge in [0.2, 0.25) is 5.91 Å². The van der Waals surface area contributed by atoms with Crippen LogP contribution >= 0.6 is 0 Å². The minimum absolute atomic E-state index is 0.0390. The number of carbonyl (C=O) groups excluding carboxylic acids is 2. The van der Waals surface area contributed by atoms with Gasteiger partial charge in [0.1, 0.15) is 17.5 Å². The van der Waals surface area contributed by atoms with Crippen LogP contribution in [0.4, 0.5) is 14.5 Å². The third-order valence-electron chi connectivity index (χ3n) is 8.03. The summed E-state index contributed by atoms with van der Waals surface area (Å²) in [7, 11) is 0. The first kappa shape index (κ1) is 26.6. The standard InChI is InChI=1S/C29H28F2N6O4/c1-4-21-25(37-41-36-21)27(38)33-26(24-18-11-19(30)20(31)12-22(18)40-13-29(24)9-10-29)28(39)32-17-7-5-16(6-8-17)23-14(2)34-35-15(23)3/h5-8,11-12,24,26H,4,9-10,13H2,1-3H3,(H,32,39)(H,33,38)(H,34,35)/t24?,26-/m0/s1. The van der Waals surface area contributed by atoms with E-state index in [2.05, 4.69) is 31.1 Å². The van der Waals surface area contributed by atoms with Gasteiger partial charge < -0.3 is 15.4 Å². The van der Waals surface area contributed by atoms with Crippen molar-refractivity contribution in [2.24, 2.45) is 5.41 Å². The van der Waals surface area contributed by atoms with Gasteiger partial charge in [0.15, 0.2) is 17.3 Å². The molecule has 212 valence electrons. The number of hydrogen-bond acceptors (Lipinski definition) is 7. The van der Waals surface area contributed by atoms with Gasteiger partial charge >= 0.3 is 0 Å². The summed E-state index contributed by atoms with van der Waals surface area (Å²) in [4.78, 5) is 27.3. The molecular formula is C29H28F2N6O4. The lowest BCUT2D eigenvalue weighted by Gasteiger charge is -2.38. The highest BCUT2D eigenvalue weighted by molar-refractivity contribution is 6.01. The van der Waals surface area contributed by atoms with Crippen LogP contribution in [0.3, 0.4) is 0 Å². The van der Waals surface area contributed by atoms with Gasteiger partial charge in [-0.15, -0.1) is 0 Å². The van der Waals surface area contributed by atoms with E-state index in [1.807, 2.05) is 26.0 Å². The van der Waals surface area contributed by atoms with E-state index in [0.717, 1.165) is 34.6 Å². The minimum atomic E-state index is -1.17. The van der Waals surface area contributed by atoms with Crippen LogP contribution in [0.25, 0.3) is 11.1 Å². The summed E-state index contributed by atoms with van der Waals surface area (Å²) in [5, 5.41) is 20.4. The first-order chi connectivity index (χ1) is 19.7. The van der Waals surface area contributed by atoms with Gasteiger partial charge in [-0.1, -0.05) is 24.2 Å². The fraction of sp³-hybridized carbons (Fsp3) is 0.345. The molecule has 4 aromatic rings. The summed E-state index contributed by atoms with van der Waals surface area (Å²) < 4.78 is 39.2. The molecule has 3 N–H and O–H groups in total. The summed E-state index contributed by atoms with van der Waals surface area (Å²) in [5.41, 5.74) is 4.27. The predicted octanol–water partition coefficient (Wildman–Crippen LogP) is 4.61. The SMILES string of the molecule is CCc1nonc1C(=O)N[C@H](C(=O)Nc1ccc(-c2c(C)n[nH]c2C)cc1)C1c2cc(F)c(F)cc2OCC12CC2. The van der Waals surface area contributed by atoms with Crippen LogP contribution in [-0.2, 0) is 11.2 Å². The number of rotatable bonds is 7. The Hall–Kier alpha value is -4.61. The van der Waals surface area contributed by atoms with E-state index in [1.54, 1.807) is 19.1 Å². The zero-order chi connectivity index (χ0) is 28.9. The second-order valence-corrected chi connectivity index (χ2v) is 10.7. The Morgan fingerprint density at radius 1 is 1.12 bits per heavy atom. The molecule has 2 amide bonds. The van der Waals surface area contributed by atoms with Crippen LogP contribution in [0.5, 0.6) is 5.75 Å². The number of nitrogens with one attached hydrogen (secondary N) is 3. The summed E-state index contributed by atoms with van der Waals surface area (Å²) in [5.74, 6) is -3.84. The number of aromatic nitrogens is 4. The molecule has 41 heavy (non-hydrogen) atoms. The molecule has 6 rings (SSSR count). The first-order valence-electron chi connectivity index (χ1n) is 13.4. The van der Waals surface area contributed by atoms with Crippen molar-refractivity contribution >= 4 is 17.5 Å². The van der Waals surface area contributed by atoms with E-state index in [4.69, 9.17) is 9.37 Å². The Morgan fingerprint density at radius 3 is 2.51 bits per heavy atom. The zero-order valence-corrected chi connectivity index (χ0v) is 22.7. The lowest BCUT2D eigenvalue weighted by molar-refractivity contribution is -0.119. The highest BCUT2D eigenvalue weighted by Gasteiger charge is 2.58. The number of anilines is 1. The number of benzene rings is 2. The van der Waals surface area contributed by atoms with Gasteiger partial charge in [0, 0.05) is 39.9 Å². The van der Waals surface area contributed by atoms with Crippen LogP contribution in [0.2, 0.25) is 0 Å². The number of nitrogens with zero attached hydrogens (tertiary/aromatic N) is 3. The third kappa shape index (κ3) is 4.72. The summed E-state index contributed by atoms with van der Waals surface area (Å²) in [6, 6.07) is 8.12. The molecule has 2 atom stereocenters. The Bertz CT molecular complexity index is 1620. The normalized spacial score (nSPS) is 17.4. The summed E-state index contributed by atoms with van der Waals surface area (Å²) in [6.45, 7) is 5.84. The van der Waals surface area contributed by atoms with E-state index in [9.17, 15) is 18.4 Å². The fourth-order valence-electron chi connectivity index (χ4n) is 5.74. The number of H-pyrrole nitrogens is 1. The third-order valence-corrected chi connectivity index (χ3v) is 8.03. The van der Waals surface area contributed by atoms with Gasteiger partial charge in [-0.2, -0.15) is 5.10 Å². The fourth-order valence-corrected chi connectivity index (χ4v) is 5.74. The maximum absolute atomic E-state index is 14.5. The molecule has 0 radical (unpaired) electrons. The van der Waals surface area contributed by atoms with Crippen LogP contribution in [0, 0.1) is 30.9 Å². The lowest BCUT2D eigenvalue weighted by atomic mass is 9.75. The molecule has 1 saturated carbocycles. The van der Waals surface area contributed by atoms with Gasteiger partial charge in [-0.25, -0.2) is 13.4 Å². The topological polar surface area (TPSA) is 135 Å². The van der Waals surface area contributed by atoms with Crippen molar-refractivity contribution in [2.45, 2.75) is 52.0 Å². The first-order valence-corrected chi connectivity index (χ1v) is 13.4. The lowest BCUT2D eigenvalue weighted by Crippen LogP contribution is -2.52. The van der Waals surface area contributed by atoms with Crippen molar-refractivity contribution < 1.29 is 27.7 Å². The van der Waals surface area contributed by atoms with Gasteiger partial charge in [0.05, 0.1) is 12.3 Å². The number of hydrogen-bond donors (Lipinski definition) is 3. The molecule has 1 fully saturated rings. The number of aryl methyl sites for hydroxylation is 3. The summed E-state index contributed by atoms with van der Waals surface area (Å²) >= 11 is 0. The Morgan fingerprint density at radius 2 is 1.85 bits per heavy atom. The molecule has 2 aromatic carbocycles. The van der Waals surface area contributed by atoms with Crippen molar-refractivity contribution in [2.75, 3.05) is 11.9 Å². The number of ether oxygens (including phenoxy) is 1. The number of aromatic amines is 1.